The molecule has 100 valence electrons. The lowest BCUT2D eigenvalue weighted by molar-refractivity contribution is 0.412. The molecule has 0 fully saturated rings. The van der Waals surface area contributed by atoms with Crippen molar-refractivity contribution in [1.82, 2.24) is 9.55 Å². The fourth-order valence-corrected chi connectivity index (χ4v) is 2.54. The lowest BCUT2D eigenvalue weighted by Crippen LogP contribution is -2.18. The Kier molecular flexibility index (Phi) is 2.77. The third-order valence-electron chi connectivity index (χ3n) is 3.66. The van der Waals surface area contributed by atoms with Crippen molar-refractivity contribution in [2.75, 3.05) is 5.73 Å². The third-order valence-corrected chi connectivity index (χ3v) is 3.66. The van der Waals surface area contributed by atoms with Gasteiger partial charge in [0.25, 0.3) is 0 Å². The summed E-state index contributed by atoms with van der Waals surface area (Å²) in [5, 5.41) is 0. The molecule has 3 nitrogen and oxygen atoms in total. The van der Waals surface area contributed by atoms with Gasteiger partial charge in [0.15, 0.2) is 11.6 Å². The topological polar surface area (TPSA) is 43.8 Å². The average molecular weight is 263 g/mol. The van der Waals surface area contributed by atoms with Gasteiger partial charge in [0.2, 0.25) is 0 Å². The molecular formula is C14H15F2N3. The average Bonchev–Trinajstić information content (AvgIpc) is 2.70. The number of nitrogens with zero attached hydrogens (tertiary/aromatic N) is 2. The maximum absolute atomic E-state index is 13.3. The molecule has 0 radical (unpaired) electrons. The van der Waals surface area contributed by atoms with Gasteiger partial charge < -0.3 is 10.3 Å². The predicted octanol–water partition coefficient (Wildman–Crippen LogP) is 2.99. The van der Waals surface area contributed by atoms with Crippen molar-refractivity contribution in [3.8, 4) is 11.3 Å². The smallest absolute Gasteiger partial charge is 0.159 e. The van der Waals surface area contributed by atoms with Crippen LogP contribution in [0.1, 0.15) is 19.2 Å². The molecule has 0 saturated carbocycles. The van der Waals surface area contributed by atoms with Gasteiger partial charge in [-0.05, 0) is 30.5 Å². The van der Waals surface area contributed by atoms with Gasteiger partial charge in [-0.25, -0.2) is 13.8 Å². The van der Waals surface area contributed by atoms with E-state index in [-0.39, 0.29) is 0 Å². The zero-order valence-corrected chi connectivity index (χ0v) is 10.7. The van der Waals surface area contributed by atoms with Crippen LogP contribution in [0.2, 0.25) is 0 Å². The first kappa shape index (κ1) is 12.1. The van der Waals surface area contributed by atoms with E-state index >= 15 is 0 Å². The van der Waals surface area contributed by atoms with Crippen LogP contribution in [0, 0.1) is 17.6 Å². The standard InChI is InChI=1S/C14H15F2N3/c1-8-4-5-19-12(6-8)18-13(14(19)17)9-2-3-10(15)11(16)7-9/h2-3,7-8H,4-6,17H2,1H3. The molecular weight excluding hydrogens is 248 g/mol. The summed E-state index contributed by atoms with van der Waals surface area (Å²) in [6, 6.07) is 3.75. The largest absolute Gasteiger partial charge is 0.383 e. The number of hydrogen-bond donors (Lipinski definition) is 1. The molecule has 0 aliphatic carbocycles. The van der Waals surface area contributed by atoms with E-state index in [2.05, 4.69) is 11.9 Å². The van der Waals surface area contributed by atoms with Crippen LogP contribution in [0.5, 0.6) is 0 Å². The van der Waals surface area contributed by atoms with Crippen molar-refractivity contribution in [3.05, 3.63) is 35.7 Å². The summed E-state index contributed by atoms with van der Waals surface area (Å²) < 4.78 is 28.2. The van der Waals surface area contributed by atoms with E-state index in [1.54, 1.807) is 0 Å². The molecule has 0 amide bonds. The van der Waals surface area contributed by atoms with Crippen LogP contribution in [0.4, 0.5) is 14.6 Å². The minimum atomic E-state index is -0.878. The maximum Gasteiger partial charge on any atom is 0.159 e. The first-order valence-corrected chi connectivity index (χ1v) is 6.36. The van der Waals surface area contributed by atoms with Gasteiger partial charge in [0, 0.05) is 18.5 Å². The van der Waals surface area contributed by atoms with Crippen LogP contribution in [-0.4, -0.2) is 9.55 Å². The van der Waals surface area contributed by atoms with Gasteiger partial charge >= 0.3 is 0 Å². The van der Waals surface area contributed by atoms with Crippen LogP contribution in [0.25, 0.3) is 11.3 Å². The Labute approximate surface area is 110 Å². The first-order valence-electron chi connectivity index (χ1n) is 6.36. The summed E-state index contributed by atoms with van der Waals surface area (Å²) >= 11 is 0. The van der Waals surface area contributed by atoms with E-state index in [0.717, 1.165) is 37.3 Å². The lowest BCUT2D eigenvalue weighted by atomic mass is 10.0. The van der Waals surface area contributed by atoms with Gasteiger partial charge in [-0.2, -0.15) is 0 Å². The fraction of sp³-hybridized carbons (Fsp3) is 0.357. The van der Waals surface area contributed by atoms with E-state index < -0.39 is 11.6 Å². The van der Waals surface area contributed by atoms with Crippen LogP contribution in [-0.2, 0) is 13.0 Å². The summed E-state index contributed by atoms with van der Waals surface area (Å²) in [6.07, 6.45) is 1.93. The van der Waals surface area contributed by atoms with Crippen molar-refractivity contribution in [2.24, 2.45) is 5.92 Å². The second-order valence-electron chi connectivity index (χ2n) is 5.14. The SMILES string of the molecule is CC1CCn2c(nc(-c3ccc(F)c(F)c3)c2N)C1. The Morgan fingerprint density at radius 3 is 2.84 bits per heavy atom. The number of fused-ring (bicyclic) bond motifs is 1. The van der Waals surface area contributed by atoms with Crippen molar-refractivity contribution in [1.29, 1.82) is 0 Å². The van der Waals surface area contributed by atoms with Gasteiger partial charge in [0.05, 0.1) is 0 Å². The minimum Gasteiger partial charge on any atom is -0.383 e. The van der Waals surface area contributed by atoms with Crippen LogP contribution < -0.4 is 5.73 Å². The summed E-state index contributed by atoms with van der Waals surface area (Å²) in [5.74, 6) is 0.298. The first-order chi connectivity index (χ1) is 9.06. The monoisotopic (exact) mass is 263 g/mol. The molecule has 19 heavy (non-hydrogen) atoms. The molecule has 1 aliphatic heterocycles. The summed E-state index contributed by atoms with van der Waals surface area (Å²) in [4.78, 5) is 4.49. The summed E-state index contributed by atoms with van der Waals surface area (Å²) in [5.41, 5.74) is 7.14. The van der Waals surface area contributed by atoms with Gasteiger partial charge in [-0.3, -0.25) is 0 Å². The molecule has 5 heteroatoms. The third kappa shape index (κ3) is 1.99. The van der Waals surface area contributed by atoms with Crippen LogP contribution >= 0.6 is 0 Å². The number of nitrogens with two attached hydrogens (primary N) is 1. The molecule has 2 heterocycles. The molecule has 0 saturated heterocycles. The highest BCUT2D eigenvalue weighted by molar-refractivity contribution is 5.71. The zero-order chi connectivity index (χ0) is 13.6. The highest BCUT2D eigenvalue weighted by atomic mass is 19.2. The molecule has 3 rings (SSSR count). The normalized spacial score (nSPS) is 18.4. The van der Waals surface area contributed by atoms with Gasteiger partial charge in [-0.15, -0.1) is 0 Å². The molecule has 1 unspecified atom stereocenters. The van der Waals surface area contributed by atoms with Gasteiger partial charge in [0.1, 0.15) is 17.3 Å². The molecule has 1 atom stereocenters. The quantitative estimate of drug-likeness (QED) is 0.859. The lowest BCUT2D eigenvalue weighted by Gasteiger charge is -2.20. The fourth-order valence-electron chi connectivity index (χ4n) is 2.54. The number of halogens is 2. The van der Waals surface area contributed by atoms with Gasteiger partial charge in [-0.1, -0.05) is 6.92 Å². The zero-order valence-electron chi connectivity index (χ0n) is 10.7. The predicted molar refractivity (Wildman–Crippen MR) is 69.5 cm³/mol. The molecule has 2 aromatic rings. The number of imidazole rings is 1. The molecule has 1 aromatic heterocycles. The highest BCUT2D eigenvalue weighted by Gasteiger charge is 2.22. The van der Waals surface area contributed by atoms with Crippen LogP contribution in [0.3, 0.4) is 0 Å². The Morgan fingerprint density at radius 2 is 2.11 bits per heavy atom. The summed E-state index contributed by atoms with van der Waals surface area (Å²) in [6.45, 7) is 3.00. The molecule has 1 aliphatic rings. The Balaban J connectivity index is 2.08. The van der Waals surface area contributed by atoms with E-state index in [1.807, 2.05) is 4.57 Å². The number of hydrogen-bond acceptors (Lipinski definition) is 2. The van der Waals surface area contributed by atoms with Crippen molar-refractivity contribution >= 4 is 5.82 Å². The van der Waals surface area contributed by atoms with E-state index in [4.69, 9.17) is 5.73 Å². The number of aromatic nitrogens is 2. The number of rotatable bonds is 1. The molecule has 0 bridgehead atoms. The second-order valence-corrected chi connectivity index (χ2v) is 5.14. The van der Waals surface area contributed by atoms with Crippen molar-refractivity contribution in [2.45, 2.75) is 26.3 Å². The molecule has 2 N–H and O–H groups in total. The maximum atomic E-state index is 13.3. The van der Waals surface area contributed by atoms with Crippen molar-refractivity contribution in [3.63, 3.8) is 0 Å². The van der Waals surface area contributed by atoms with E-state index in [1.165, 1.54) is 6.07 Å². The van der Waals surface area contributed by atoms with Crippen LogP contribution in [0.15, 0.2) is 18.2 Å². The highest BCUT2D eigenvalue weighted by Crippen LogP contribution is 2.31. The minimum absolute atomic E-state index is 0.519. The van der Waals surface area contributed by atoms with Crippen molar-refractivity contribution < 1.29 is 8.78 Å². The van der Waals surface area contributed by atoms with E-state index in [0.29, 0.717) is 23.0 Å². The summed E-state index contributed by atoms with van der Waals surface area (Å²) in [7, 11) is 0. The number of anilines is 1. The Bertz CT molecular complexity index is 634. The molecule has 0 spiro atoms. The number of nitrogen functional groups attached to an aromatic ring is 1. The Hall–Kier alpha value is -1.91. The Morgan fingerprint density at radius 1 is 1.32 bits per heavy atom. The van der Waals surface area contributed by atoms with E-state index in [9.17, 15) is 8.78 Å². The molecule has 1 aromatic carbocycles. The second kappa shape index (κ2) is 4.33. The number of benzene rings is 1.